The van der Waals surface area contributed by atoms with Crippen molar-refractivity contribution in [2.75, 3.05) is 12.8 Å². The van der Waals surface area contributed by atoms with E-state index in [0.29, 0.717) is 5.82 Å². The maximum absolute atomic E-state index is 6.00. The molecule has 1 aromatic carbocycles. The van der Waals surface area contributed by atoms with Crippen LogP contribution in [0.5, 0.6) is 5.75 Å². The lowest BCUT2D eigenvalue weighted by atomic mass is 10.2. The Morgan fingerprint density at radius 3 is 2.88 bits per heavy atom. The Labute approximate surface area is 94.6 Å². The number of aryl methyl sites for hydroxylation is 1. The van der Waals surface area contributed by atoms with Crippen molar-refractivity contribution >= 4 is 5.82 Å². The molecule has 0 fully saturated rings. The summed E-state index contributed by atoms with van der Waals surface area (Å²) in [6, 6.07) is 7.67. The summed E-state index contributed by atoms with van der Waals surface area (Å²) in [5.74, 6) is 1.49. The molecule has 0 saturated carbocycles. The molecule has 0 radical (unpaired) electrons. The number of nitrogens with two attached hydrogens (primary N) is 1. The zero-order valence-corrected chi connectivity index (χ0v) is 9.47. The summed E-state index contributed by atoms with van der Waals surface area (Å²) in [4.78, 5) is 0. The van der Waals surface area contributed by atoms with Crippen molar-refractivity contribution in [3.05, 3.63) is 36.0 Å². The number of aromatic nitrogens is 2. The summed E-state index contributed by atoms with van der Waals surface area (Å²) in [7, 11) is 1.64. The SMILES string of the molecule is CCc1cnn(-c2cccc(OC)c2)c1N. The smallest absolute Gasteiger partial charge is 0.130 e. The highest BCUT2D eigenvalue weighted by Crippen LogP contribution is 2.20. The van der Waals surface area contributed by atoms with E-state index in [-0.39, 0.29) is 0 Å². The quantitative estimate of drug-likeness (QED) is 0.855. The zero-order valence-electron chi connectivity index (χ0n) is 9.47. The number of nitrogens with zero attached hydrogens (tertiary/aromatic N) is 2. The van der Waals surface area contributed by atoms with Crippen LogP contribution < -0.4 is 10.5 Å². The topological polar surface area (TPSA) is 53.1 Å². The standard InChI is InChI=1S/C12H15N3O/c1-3-9-8-14-15(12(9)13)10-5-4-6-11(7-10)16-2/h4-8H,3,13H2,1-2H3. The Kier molecular flexibility index (Phi) is 2.81. The van der Waals surface area contributed by atoms with Crippen LogP contribution in [-0.2, 0) is 6.42 Å². The molecule has 2 N–H and O–H groups in total. The van der Waals surface area contributed by atoms with E-state index in [0.717, 1.165) is 23.4 Å². The molecule has 0 unspecified atom stereocenters. The van der Waals surface area contributed by atoms with Gasteiger partial charge in [-0.1, -0.05) is 13.0 Å². The molecular formula is C12H15N3O. The van der Waals surface area contributed by atoms with Gasteiger partial charge in [0.15, 0.2) is 0 Å². The minimum atomic E-state index is 0.691. The molecule has 1 aromatic heterocycles. The molecule has 0 aliphatic rings. The minimum Gasteiger partial charge on any atom is -0.497 e. The Balaban J connectivity index is 2.45. The van der Waals surface area contributed by atoms with Crippen molar-refractivity contribution in [3.63, 3.8) is 0 Å². The maximum atomic E-state index is 6.00. The Morgan fingerprint density at radius 1 is 1.44 bits per heavy atom. The van der Waals surface area contributed by atoms with Crippen LogP contribution in [0.1, 0.15) is 12.5 Å². The number of hydrogen-bond donors (Lipinski definition) is 1. The molecule has 4 nitrogen and oxygen atoms in total. The molecule has 0 saturated heterocycles. The molecule has 0 spiro atoms. The van der Waals surface area contributed by atoms with Crippen LogP contribution in [0, 0.1) is 0 Å². The minimum absolute atomic E-state index is 0.691. The van der Waals surface area contributed by atoms with E-state index in [9.17, 15) is 0 Å². The second-order valence-electron chi connectivity index (χ2n) is 3.52. The van der Waals surface area contributed by atoms with E-state index in [1.807, 2.05) is 24.3 Å². The molecule has 0 aliphatic heterocycles. The molecule has 0 bridgehead atoms. The average molecular weight is 217 g/mol. The molecule has 1 heterocycles. The lowest BCUT2D eigenvalue weighted by molar-refractivity contribution is 0.414. The Bertz CT molecular complexity index is 491. The van der Waals surface area contributed by atoms with Crippen molar-refractivity contribution < 1.29 is 4.74 Å². The van der Waals surface area contributed by atoms with Crippen LogP contribution in [0.4, 0.5) is 5.82 Å². The summed E-state index contributed by atoms with van der Waals surface area (Å²) in [5, 5.41) is 4.27. The molecule has 0 aliphatic carbocycles. The van der Waals surface area contributed by atoms with Crippen molar-refractivity contribution in [1.29, 1.82) is 0 Å². The highest BCUT2D eigenvalue weighted by molar-refractivity contribution is 5.48. The van der Waals surface area contributed by atoms with E-state index in [1.54, 1.807) is 18.0 Å². The first-order chi connectivity index (χ1) is 7.76. The van der Waals surface area contributed by atoms with E-state index in [4.69, 9.17) is 10.5 Å². The third-order valence-electron chi connectivity index (χ3n) is 2.57. The molecule has 0 amide bonds. The maximum Gasteiger partial charge on any atom is 0.130 e. The van der Waals surface area contributed by atoms with Gasteiger partial charge in [0, 0.05) is 11.6 Å². The average Bonchev–Trinajstić information content (AvgIpc) is 2.70. The van der Waals surface area contributed by atoms with Crippen LogP contribution in [0.2, 0.25) is 0 Å². The number of rotatable bonds is 3. The molecule has 4 heteroatoms. The van der Waals surface area contributed by atoms with Gasteiger partial charge < -0.3 is 10.5 Å². The molecule has 2 rings (SSSR count). The number of anilines is 1. The van der Waals surface area contributed by atoms with Crippen molar-refractivity contribution in [2.24, 2.45) is 0 Å². The fourth-order valence-corrected chi connectivity index (χ4v) is 1.61. The Hall–Kier alpha value is -1.97. The third kappa shape index (κ3) is 1.74. The van der Waals surface area contributed by atoms with E-state index < -0.39 is 0 Å². The lowest BCUT2D eigenvalue weighted by Crippen LogP contribution is -2.03. The van der Waals surface area contributed by atoms with Gasteiger partial charge in [-0.15, -0.1) is 0 Å². The van der Waals surface area contributed by atoms with Gasteiger partial charge >= 0.3 is 0 Å². The molecule has 84 valence electrons. The van der Waals surface area contributed by atoms with Crippen LogP contribution in [-0.4, -0.2) is 16.9 Å². The van der Waals surface area contributed by atoms with E-state index >= 15 is 0 Å². The number of nitrogen functional groups attached to an aromatic ring is 1. The van der Waals surface area contributed by atoms with Crippen LogP contribution in [0.15, 0.2) is 30.5 Å². The normalized spacial score (nSPS) is 10.4. The van der Waals surface area contributed by atoms with E-state index in [1.165, 1.54) is 0 Å². The molecule has 16 heavy (non-hydrogen) atoms. The van der Waals surface area contributed by atoms with Gasteiger partial charge in [0.05, 0.1) is 19.0 Å². The summed E-state index contributed by atoms with van der Waals surface area (Å²) in [6.07, 6.45) is 2.69. The van der Waals surface area contributed by atoms with Gasteiger partial charge in [-0.25, -0.2) is 4.68 Å². The molecule has 2 aromatic rings. The van der Waals surface area contributed by atoms with Crippen molar-refractivity contribution in [1.82, 2.24) is 9.78 Å². The fourth-order valence-electron chi connectivity index (χ4n) is 1.61. The first-order valence-electron chi connectivity index (χ1n) is 5.23. The van der Waals surface area contributed by atoms with Gasteiger partial charge in [-0.3, -0.25) is 0 Å². The lowest BCUT2D eigenvalue weighted by Gasteiger charge is -2.06. The highest BCUT2D eigenvalue weighted by Gasteiger charge is 2.07. The largest absolute Gasteiger partial charge is 0.497 e. The number of ether oxygens (including phenoxy) is 1. The summed E-state index contributed by atoms with van der Waals surface area (Å²) < 4.78 is 6.89. The summed E-state index contributed by atoms with van der Waals surface area (Å²) in [6.45, 7) is 2.06. The highest BCUT2D eigenvalue weighted by atomic mass is 16.5. The van der Waals surface area contributed by atoms with Crippen LogP contribution in [0.25, 0.3) is 5.69 Å². The molecular weight excluding hydrogens is 202 g/mol. The van der Waals surface area contributed by atoms with Crippen molar-refractivity contribution in [3.8, 4) is 11.4 Å². The van der Waals surface area contributed by atoms with Gasteiger partial charge in [-0.2, -0.15) is 5.10 Å². The first-order valence-corrected chi connectivity index (χ1v) is 5.23. The first kappa shape index (κ1) is 10.5. The Morgan fingerprint density at radius 2 is 2.25 bits per heavy atom. The van der Waals surface area contributed by atoms with Crippen LogP contribution >= 0.6 is 0 Å². The number of methoxy groups -OCH3 is 1. The number of hydrogen-bond acceptors (Lipinski definition) is 3. The predicted molar refractivity (Wildman–Crippen MR) is 63.9 cm³/mol. The van der Waals surface area contributed by atoms with Gasteiger partial charge in [0.2, 0.25) is 0 Å². The van der Waals surface area contributed by atoms with Gasteiger partial charge in [-0.05, 0) is 18.6 Å². The fraction of sp³-hybridized carbons (Fsp3) is 0.250. The summed E-state index contributed by atoms with van der Waals surface area (Å²) in [5.41, 5.74) is 7.97. The van der Waals surface area contributed by atoms with Gasteiger partial charge in [0.1, 0.15) is 11.6 Å². The second kappa shape index (κ2) is 4.26. The predicted octanol–water partition coefficient (Wildman–Crippen LogP) is 2.03. The van der Waals surface area contributed by atoms with Crippen LogP contribution in [0.3, 0.4) is 0 Å². The second-order valence-corrected chi connectivity index (χ2v) is 3.52. The number of benzene rings is 1. The summed E-state index contributed by atoms with van der Waals surface area (Å²) >= 11 is 0. The van der Waals surface area contributed by atoms with E-state index in [2.05, 4.69) is 12.0 Å². The van der Waals surface area contributed by atoms with Crippen molar-refractivity contribution in [2.45, 2.75) is 13.3 Å². The third-order valence-corrected chi connectivity index (χ3v) is 2.57. The molecule has 0 atom stereocenters. The van der Waals surface area contributed by atoms with Gasteiger partial charge in [0.25, 0.3) is 0 Å². The zero-order chi connectivity index (χ0) is 11.5. The monoisotopic (exact) mass is 217 g/mol.